The molecule has 6 nitrogen and oxygen atoms in total. The minimum atomic E-state index is 0.0728. The van der Waals surface area contributed by atoms with Gasteiger partial charge in [-0.1, -0.05) is 0 Å². The molecule has 1 aliphatic heterocycles. The van der Waals surface area contributed by atoms with Crippen LogP contribution < -0.4 is 9.47 Å². The Morgan fingerprint density at radius 1 is 1.24 bits per heavy atom. The van der Waals surface area contributed by atoms with Gasteiger partial charge in [0.05, 0.1) is 24.9 Å². The van der Waals surface area contributed by atoms with E-state index in [-0.39, 0.29) is 11.9 Å². The molecule has 2 aromatic rings. The summed E-state index contributed by atoms with van der Waals surface area (Å²) in [5.41, 5.74) is 0.657. The van der Waals surface area contributed by atoms with Crippen molar-refractivity contribution in [2.75, 3.05) is 13.7 Å². The molecule has 2 heterocycles. The second kappa shape index (κ2) is 6.43. The van der Waals surface area contributed by atoms with E-state index in [0.29, 0.717) is 24.1 Å². The summed E-state index contributed by atoms with van der Waals surface area (Å²) in [6, 6.07) is 8.04. The lowest BCUT2D eigenvalue weighted by Crippen LogP contribution is -2.47. The number of carbonyl (C=O) groups excluding carboxylic acids is 1. The number of fused-ring (bicyclic) bond motifs is 2. The largest absolute Gasteiger partial charge is 0.497 e. The number of hydrogen-bond acceptors (Lipinski definition) is 4. The molecule has 0 spiro atoms. The normalized spacial score (nSPS) is 24.6. The number of aromatic nitrogens is 2. The van der Waals surface area contributed by atoms with Crippen molar-refractivity contribution < 1.29 is 14.3 Å². The Balaban J connectivity index is 1.47. The van der Waals surface area contributed by atoms with Gasteiger partial charge in [-0.05, 0) is 49.4 Å². The van der Waals surface area contributed by atoms with Gasteiger partial charge in [0.25, 0.3) is 5.91 Å². The van der Waals surface area contributed by atoms with Crippen molar-refractivity contribution in [1.29, 1.82) is 0 Å². The van der Waals surface area contributed by atoms with Crippen LogP contribution in [0.3, 0.4) is 0 Å². The summed E-state index contributed by atoms with van der Waals surface area (Å²) >= 11 is 0. The van der Waals surface area contributed by atoms with Crippen molar-refractivity contribution in [2.45, 2.75) is 31.3 Å². The summed E-state index contributed by atoms with van der Waals surface area (Å²) in [6.07, 6.45) is 6.79. The van der Waals surface area contributed by atoms with Gasteiger partial charge in [0.2, 0.25) is 0 Å². The first kappa shape index (κ1) is 16.0. The maximum absolute atomic E-state index is 13.0. The number of ether oxygens (including phenoxy) is 2. The van der Waals surface area contributed by atoms with Crippen LogP contribution in [-0.4, -0.2) is 46.4 Å². The fourth-order valence-corrected chi connectivity index (χ4v) is 4.16. The number of nitrogens with zero attached hydrogens (tertiary/aromatic N) is 3. The van der Waals surface area contributed by atoms with Gasteiger partial charge >= 0.3 is 0 Å². The summed E-state index contributed by atoms with van der Waals surface area (Å²) in [4.78, 5) is 15.0. The zero-order valence-electron chi connectivity index (χ0n) is 14.6. The van der Waals surface area contributed by atoms with Gasteiger partial charge in [-0.25, -0.2) is 0 Å². The Morgan fingerprint density at radius 2 is 2.00 bits per heavy atom. The lowest BCUT2D eigenvalue weighted by molar-refractivity contribution is 0.0505. The Hall–Kier alpha value is -2.50. The summed E-state index contributed by atoms with van der Waals surface area (Å²) < 4.78 is 12.8. The fraction of sp³-hybridized carbons (Fsp3) is 0.474. The number of rotatable bonds is 5. The van der Waals surface area contributed by atoms with Crippen LogP contribution in [0.25, 0.3) is 0 Å². The predicted molar refractivity (Wildman–Crippen MR) is 92.8 cm³/mol. The van der Waals surface area contributed by atoms with Crippen LogP contribution in [0, 0.1) is 5.92 Å². The Kier molecular flexibility index (Phi) is 4.11. The van der Waals surface area contributed by atoms with Gasteiger partial charge < -0.3 is 14.4 Å². The molecule has 1 amide bonds. The maximum atomic E-state index is 13.0. The highest BCUT2D eigenvalue weighted by molar-refractivity contribution is 5.94. The molecule has 2 bridgehead atoms. The molecule has 1 aromatic carbocycles. The maximum Gasteiger partial charge on any atom is 0.257 e. The number of methoxy groups -OCH3 is 1. The van der Waals surface area contributed by atoms with Gasteiger partial charge in [0, 0.05) is 19.3 Å². The first-order valence-corrected chi connectivity index (χ1v) is 8.74. The molecule has 0 radical (unpaired) electrons. The number of amides is 1. The molecule has 2 fully saturated rings. The van der Waals surface area contributed by atoms with E-state index in [0.717, 1.165) is 24.3 Å². The fourth-order valence-electron chi connectivity index (χ4n) is 4.16. The number of likely N-dealkylation sites (tertiary alicyclic amines) is 1. The molecule has 1 saturated heterocycles. The molecule has 0 N–H and O–H groups in total. The van der Waals surface area contributed by atoms with Crippen LogP contribution in [0.5, 0.6) is 11.5 Å². The van der Waals surface area contributed by atoms with Crippen LogP contribution in [-0.2, 0) is 7.05 Å². The van der Waals surface area contributed by atoms with E-state index < -0.39 is 0 Å². The molecule has 1 saturated carbocycles. The molecule has 0 unspecified atom stereocenters. The monoisotopic (exact) mass is 341 g/mol. The first-order valence-electron chi connectivity index (χ1n) is 8.74. The highest BCUT2D eigenvalue weighted by Crippen LogP contribution is 2.43. The number of hydrogen-bond donors (Lipinski definition) is 0. The predicted octanol–water partition coefficient (Wildman–Crippen LogP) is 2.50. The van der Waals surface area contributed by atoms with Crippen molar-refractivity contribution in [3.63, 3.8) is 0 Å². The van der Waals surface area contributed by atoms with Crippen molar-refractivity contribution in [2.24, 2.45) is 13.0 Å². The smallest absolute Gasteiger partial charge is 0.257 e. The molecular weight excluding hydrogens is 318 g/mol. The molecule has 2 aliphatic rings. The van der Waals surface area contributed by atoms with Crippen molar-refractivity contribution in [3.05, 3.63) is 42.2 Å². The highest BCUT2D eigenvalue weighted by Gasteiger charge is 2.48. The SMILES string of the molecule is COc1ccc(OC[C@@H]2[C@@H]3CC[C@@H](C3)N2C(=O)c2cnn(C)c2)cc1. The van der Waals surface area contributed by atoms with Crippen LogP contribution in [0.4, 0.5) is 0 Å². The third-order valence-corrected chi connectivity index (χ3v) is 5.41. The first-order chi connectivity index (χ1) is 12.2. The number of benzene rings is 1. The lowest BCUT2D eigenvalue weighted by atomic mass is 9.99. The average molecular weight is 341 g/mol. The number of aryl methyl sites for hydroxylation is 1. The molecule has 1 aromatic heterocycles. The molecule has 25 heavy (non-hydrogen) atoms. The molecule has 4 rings (SSSR count). The van der Waals surface area contributed by atoms with Gasteiger partial charge in [0.1, 0.15) is 18.1 Å². The van der Waals surface area contributed by atoms with Gasteiger partial charge in [-0.2, -0.15) is 5.10 Å². The van der Waals surface area contributed by atoms with E-state index in [1.807, 2.05) is 36.2 Å². The van der Waals surface area contributed by atoms with Crippen LogP contribution in [0.2, 0.25) is 0 Å². The van der Waals surface area contributed by atoms with Crippen LogP contribution >= 0.6 is 0 Å². The Labute approximate surface area is 147 Å². The molecule has 132 valence electrons. The van der Waals surface area contributed by atoms with Crippen molar-refractivity contribution >= 4 is 5.91 Å². The number of carbonyl (C=O) groups is 1. The van der Waals surface area contributed by atoms with Crippen molar-refractivity contribution in [1.82, 2.24) is 14.7 Å². The second-order valence-corrected chi connectivity index (χ2v) is 6.90. The van der Waals surface area contributed by atoms with E-state index in [2.05, 4.69) is 5.10 Å². The van der Waals surface area contributed by atoms with Crippen LogP contribution in [0.15, 0.2) is 36.7 Å². The van der Waals surface area contributed by atoms with E-state index in [9.17, 15) is 4.79 Å². The van der Waals surface area contributed by atoms with Gasteiger partial charge in [-0.15, -0.1) is 0 Å². The standard InChI is InChI=1S/C19H23N3O3/c1-21-11-14(10-20-21)19(23)22-15-4-3-13(9-15)18(22)12-25-17-7-5-16(24-2)6-8-17/h5-8,10-11,13,15,18H,3-4,9,12H2,1-2H3/t13-,15+,18-/m1/s1. The van der Waals surface area contributed by atoms with Gasteiger partial charge in [0.15, 0.2) is 0 Å². The third kappa shape index (κ3) is 2.97. The quantitative estimate of drug-likeness (QED) is 0.838. The third-order valence-electron chi connectivity index (χ3n) is 5.41. The summed E-state index contributed by atoms with van der Waals surface area (Å²) in [5, 5.41) is 4.13. The van der Waals surface area contributed by atoms with E-state index in [1.165, 1.54) is 6.42 Å². The summed E-state index contributed by atoms with van der Waals surface area (Å²) in [6.45, 7) is 0.527. The Bertz CT molecular complexity index is 756. The van der Waals surface area contributed by atoms with Gasteiger partial charge in [-0.3, -0.25) is 9.48 Å². The molecule has 3 atom stereocenters. The zero-order valence-corrected chi connectivity index (χ0v) is 14.6. The molecule has 6 heteroatoms. The lowest BCUT2D eigenvalue weighted by Gasteiger charge is -2.35. The topological polar surface area (TPSA) is 56.6 Å². The second-order valence-electron chi connectivity index (χ2n) is 6.90. The number of piperidine rings is 1. The highest BCUT2D eigenvalue weighted by atomic mass is 16.5. The van der Waals surface area contributed by atoms with E-state index >= 15 is 0 Å². The van der Waals surface area contributed by atoms with Crippen molar-refractivity contribution in [3.8, 4) is 11.5 Å². The van der Waals surface area contributed by atoms with E-state index in [1.54, 1.807) is 24.2 Å². The summed E-state index contributed by atoms with van der Waals surface area (Å²) in [7, 11) is 3.48. The summed E-state index contributed by atoms with van der Waals surface area (Å²) in [5.74, 6) is 2.21. The Morgan fingerprint density at radius 3 is 2.68 bits per heavy atom. The zero-order chi connectivity index (χ0) is 17.4. The average Bonchev–Trinajstić information content (AvgIpc) is 3.35. The minimum absolute atomic E-state index is 0.0728. The minimum Gasteiger partial charge on any atom is -0.497 e. The van der Waals surface area contributed by atoms with E-state index in [4.69, 9.17) is 9.47 Å². The molecule has 1 aliphatic carbocycles. The van der Waals surface area contributed by atoms with Crippen LogP contribution in [0.1, 0.15) is 29.6 Å². The molecular formula is C19H23N3O3.